The molecule has 29 heavy (non-hydrogen) atoms. The van der Waals surface area contributed by atoms with Gasteiger partial charge in [0.15, 0.2) is 0 Å². The molecule has 0 unspecified atom stereocenters. The quantitative estimate of drug-likeness (QED) is 0.642. The molecule has 2 aliphatic rings. The van der Waals surface area contributed by atoms with Gasteiger partial charge in [0.05, 0.1) is 22.3 Å². The lowest BCUT2D eigenvalue weighted by molar-refractivity contribution is -0.0584. The van der Waals surface area contributed by atoms with Gasteiger partial charge in [-0.15, -0.1) is 0 Å². The molecule has 1 saturated heterocycles. The molecular weight excluding hydrogens is 370 g/mol. The van der Waals surface area contributed by atoms with Gasteiger partial charge in [0.1, 0.15) is 5.56 Å². The molecule has 0 spiro atoms. The highest BCUT2D eigenvalue weighted by Crippen LogP contribution is 2.33. The van der Waals surface area contributed by atoms with Crippen molar-refractivity contribution in [2.75, 3.05) is 18.0 Å². The third-order valence-corrected chi connectivity index (χ3v) is 5.32. The van der Waals surface area contributed by atoms with E-state index in [9.17, 15) is 14.4 Å². The van der Waals surface area contributed by atoms with Crippen LogP contribution in [0.2, 0.25) is 0 Å². The smallest absolute Gasteiger partial charge is 0.367 e. The molecule has 0 saturated carbocycles. The van der Waals surface area contributed by atoms with Gasteiger partial charge in [0.25, 0.3) is 11.8 Å². The van der Waals surface area contributed by atoms with Crippen LogP contribution in [0.1, 0.15) is 43.9 Å². The van der Waals surface area contributed by atoms with Gasteiger partial charge in [-0.3, -0.25) is 14.6 Å². The van der Waals surface area contributed by atoms with E-state index in [2.05, 4.69) is 9.88 Å². The summed E-state index contributed by atoms with van der Waals surface area (Å²) in [6, 6.07) is 14.0. The van der Waals surface area contributed by atoms with E-state index in [1.54, 1.807) is 12.1 Å². The Kier molecular flexibility index (Phi) is 4.01. The number of imide groups is 1. The summed E-state index contributed by atoms with van der Waals surface area (Å²) in [5, 5.41) is 1.38. The van der Waals surface area contributed by atoms with E-state index >= 15 is 0 Å². The summed E-state index contributed by atoms with van der Waals surface area (Å²) < 4.78 is 0. The Labute approximate surface area is 166 Å². The number of rotatable bonds is 3. The van der Waals surface area contributed by atoms with Crippen molar-refractivity contribution in [1.29, 1.82) is 0 Å². The van der Waals surface area contributed by atoms with Crippen LogP contribution in [-0.2, 0) is 4.84 Å². The van der Waals surface area contributed by atoms with Crippen LogP contribution in [0, 0.1) is 0 Å². The lowest BCUT2D eigenvalue weighted by Gasteiger charge is -2.23. The van der Waals surface area contributed by atoms with Crippen molar-refractivity contribution in [1.82, 2.24) is 10.0 Å². The minimum absolute atomic E-state index is 0.224. The van der Waals surface area contributed by atoms with E-state index in [-0.39, 0.29) is 16.7 Å². The van der Waals surface area contributed by atoms with Crippen LogP contribution < -0.4 is 4.90 Å². The van der Waals surface area contributed by atoms with Crippen LogP contribution in [0.25, 0.3) is 10.9 Å². The highest BCUT2D eigenvalue weighted by Gasteiger charge is 2.39. The first-order valence-electron chi connectivity index (χ1n) is 9.48. The van der Waals surface area contributed by atoms with E-state index in [0.717, 1.165) is 42.5 Å². The third-order valence-electron chi connectivity index (χ3n) is 5.32. The van der Waals surface area contributed by atoms with Gasteiger partial charge < -0.3 is 9.74 Å². The molecule has 7 heteroatoms. The fourth-order valence-electron chi connectivity index (χ4n) is 3.94. The summed E-state index contributed by atoms with van der Waals surface area (Å²) in [7, 11) is 0. The Bertz CT molecular complexity index is 1130. The zero-order valence-corrected chi connectivity index (χ0v) is 15.5. The predicted octanol–water partition coefficient (Wildman–Crippen LogP) is 3.20. The topological polar surface area (TPSA) is 79.8 Å². The van der Waals surface area contributed by atoms with Crippen LogP contribution in [-0.4, -0.2) is 40.9 Å². The molecule has 0 bridgehead atoms. The maximum atomic E-state index is 13.0. The molecular formula is C22H17N3O4. The lowest BCUT2D eigenvalue weighted by atomic mass is 10.1. The number of hydroxylamine groups is 2. The average Bonchev–Trinajstić information content (AvgIpc) is 3.37. The molecule has 2 amide bonds. The number of hydrogen-bond donors (Lipinski definition) is 0. The van der Waals surface area contributed by atoms with E-state index in [1.807, 2.05) is 24.3 Å². The monoisotopic (exact) mass is 387 g/mol. The maximum Gasteiger partial charge on any atom is 0.367 e. The van der Waals surface area contributed by atoms with Gasteiger partial charge in [-0.2, -0.15) is 0 Å². The molecule has 3 heterocycles. The van der Waals surface area contributed by atoms with Crippen LogP contribution in [0.4, 0.5) is 5.69 Å². The zero-order chi connectivity index (χ0) is 20.0. The summed E-state index contributed by atoms with van der Waals surface area (Å²) >= 11 is 0. The van der Waals surface area contributed by atoms with Crippen molar-refractivity contribution >= 4 is 34.4 Å². The van der Waals surface area contributed by atoms with Gasteiger partial charge in [-0.25, -0.2) is 4.79 Å². The summed E-state index contributed by atoms with van der Waals surface area (Å²) in [5.41, 5.74) is 2.19. The molecule has 0 aliphatic carbocycles. The zero-order valence-electron chi connectivity index (χ0n) is 15.5. The third kappa shape index (κ3) is 2.74. The minimum atomic E-state index is -0.778. The number of fused-ring (bicyclic) bond motifs is 2. The molecule has 5 rings (SSSR count). The predicted molar refractivity (Wildman–Crippen MR) is 106 cm³/mol. The van der Waals surface area contributed by atoms with E-state index in [4.69, 9.17) is 4.84 Å². The molecule has 1 fully saturated rings. The maximum absolute atomic E-state index is 13.0. The van der Waals surface area contributed by atoms with Gasteiger partial charge in [0.2, 0.25) is 0 Å². The highest BCUT2D eigenvalue weighted by molar-refractivity contribution is 6.21. The minimum Gasteiger partial charge on any atom is -0.370 e. The molecule has 144 valence electrons. The largest absolute Gasteiger partial charge is 0.370 e. The van der Waals surface area contributed by atoms with Crippen LogP contribution in [0.15, 0.2) is 54.7 Å². The number of benzene rings is 2. The van der Waals surface area contributed by atoms with Gasteiger partial charge in [0, 0.05) is 24.7 Å². The summed E-state index contributed by atoms with van der Waals surface area (Å²) in [6.07, 6.45) is 3.52. The van der Waals surface area contributed by atoms with Crippen LogP contribution in [0.5, 0.6) is 0 Å². The number of aromatic nitrogens is 1. The number of carbonyl (C=O) groups excluding carboxylic acids is 3. The van der Waals surface area contributed by atoms with Gasteiger partial charge in [-0.1, -0.05) is 35.4 Å². The SMILES string of the molecule is O=C(ON1C(=O)c2ccccc2C1=O)c1cnc2ccccc2c1N1CCCC1. The summed E-state index contributed by atoms with van der Waals surface area (Å²) in [5.74, 6) is -2.06. The molecule has 3 aromatic rings. The number of amides is 2. The second kappa shape index (κ2) is 6.70. The molecule has 0 N–H and O–H groups in total. The first kappa shape index (κ1) is 17.4. The fraction of sp³-hybridized carbons (Fsp3) is 0.182. The number of pyridine rings is 1. The van der Waals surface area contributed by atoms with E-state index in [1.165, 1.54) is 18.3 Å². The average molecular weight is 387 g/mol. The number of anilines is 1. The molecule has 1 aromatic heterocycles. The Morgan fingerprint density at radius 1 is 0.897 bits per heavy atom. The van der Waals surface area contributed by atoms with Crippen LogP contribution >= 0.6 is 0 Å². The van der Waals surface area contributed by atoms with E-state index < -0.39 is 17.8 Å². The first-order valence-corrected chi connectivity index (χ1v) is 9.48. The lowest BCUT2D eigenvalue weighted by Crippen LogP contribution is -2.33. The van der Waals surface area contributed by atoms with Crippen LogP contribution in [0.3, 0.4) is 0 Å². The number of hydrogen-bond acceptors (Lipinski definition) is 6. The first-order chi connectivity index (χ1) is 14.1. The number of para-hydroxylation sites is 1. The van der Waals surface area contributed by atoms with Gasteiger partial charge in [-0.05, 0) is 31.0 Å². The van der Waals surface area contributed by atoms with Crippen molar-refractivity contribution in [3.63, 3.8) is 0 Å². The van der Waals surface area contributed by atoms with Gasteiger partial charge >= 0.3 is 5.97 Å². The van der Waals surface area contributed by atoms with Crippen molar-refractivity contribution in [2.45, 2.75) is 12.8 Å². The molecule has 0 radical (unpaired) electrons. The fourth-order valence-corrected chi connectivity index (χ4v) is 3.94. The van der Waals surface area contributed by atoms with Crippen molar-refractivity contribution in [2.24, 2.45) is 0 Å². The number of carbonyl (C=O) groups is 3. The molecule has 2 aliphatic heterocycles. The highest BCUT2D eigenvalue weighted by atomic mass is 16.7. The second-order valence-corrected chi connectivity index (χ2v) is 7.06. The van der Waals surface area contributed by atoms with Crippen molar-refractivity contribution in [3.8, 4) is 0 Å². The van der Waals surface area contributed by atoms with E-state index in [0.29, 0.717) is 5.06 Å². The summed E-state index contributed by atoms with van der Waals surface area (Å²) in [4.78, 5) is 49.9. The van der Waals surface area contributed by atoms with Crippen molar-refractivity contribution < 1.29 is 19.2 Å². The second-order valence-electron chi connectivity index (χ2n) is 7.06. The molecule has 2 aromatic carbocycles. The number of nitrogens with zero attached hydrogens (tertiary/aromatic N) is 3. The van der Waals surface area contributed by atoms with Crippen molar-refractivity contribution in [3.05, 3.63) is 71.4 Å². The Balaban J connectivity index is 1.53. The molecule has 7 nitrogen and oxygen atoms in total. The molecule has 0 atom stereocenters. The normalized spacial score (nSPS) is 15.9. The Morgan fingerprint density at radius 2 is 1.52 bits per heavy atom. The Morgan fingerprint density at radius 3 is 2.21 bits per heavy atom. The standard InChI is InChI=1S/C22H17N3O4/c26-20-14-7-1-2-8-15(14)21(27)25(20)29-22(28)17-13-23-18-10-4-3-9-16(18)19(17)24-11-5-6-12-24/h1-4,7-10,13H,5-6,11-12H2. The Hall–Kier alpha value is -3.74. The summed E-state index contributed by atoms with van der Waals surface area (Å²) in [6.45, 7) is 1.64.